The lowest BCUT2D eigenvalue weighted by Crippen LogP contribution is -2.45. The van der Waals surface area contributed by atoms with Gasteiger partial charge in [-0.05, 0) is 27.9 Å². The van der Waals surface area contributed by atoms with Crippen LogP contribution < -0.4 is 10.2 Å². The van der Waals surface area contributed by atoms with Crippen molar-refractivity contribution in [3.05, 3.63) is 11.1 Å². The highest BCUT2D eigenvalue weighted by Crippen LogP contribution is 2.20. The van der Waals surface area contributed by atoms with Crippen molar-refractivity contribution in [1.29, 1.82) is 0 Å². The lowest BCUT2D eigenvalue weighted by Gasteiger charge is -2.27. The first-order chi connectivity index (χ1) is 9.75. The molecule has 1 amide bonds. The normalized spacial score (nSPS) is 14.2. The highest BCUT2D eigenvalue weighted by atomic mass is 32.1. The number of nitrogens with one attached hydrogen (secondary N) is 1. The highest BCUT2D eigenvalue weighted by Gasteiger charge is 2.21. The number of aromatic nitrogens is 1. The zero-order valence-electron chi connectivity index (χ0n) is 13.5. The van der Waals surface area contributed by atoms with Gasteiger partial charge in [-0.1, -0.05) is 0 Å². The highest BCUT2D eigenvalue weighted by molar-refractivity contribution is 7.14. The summed E-state index contributed by atoms with van der Waals surface area (Å²) in [6.45, 7) is 7.56. The molecule has 0 aliphatic rings. The van der Waals surface area contributed by atoms with Gasteiger partial charge in [0, 0.05) is 38.5 Å². The van der Waals surface area contributed by atoms with E-state index in [9.17, 15) is 9.90 Å². The number of carbonyl (C=O) groups is 1. The minimum Gasteiger partial charge on any atom is -0.388 e. The molecule has 0 saturated carbocycles. The van der Waals surface area contributed by atoms with E-state index in [0.29, 0.717) is 26.2 Å². The van der Waals surface area contributed by atoms with Crippen molar-refractivity contribution in [3.63, 3.8) is 0 Å². The Balaban J connectivity index is 2.50. The van der Waals surface area contributed by atoms with Gasteiger partial charge in [0.15, 0.2) is 5.13 Å². The third kappa shape index (κ3) is 6.09. The zero-order valence-corrected chi connectivity index (χ0v) is 14.3. The van der Waals surface area contributed by atoms with Gasteiger partial charge in [-0.15, -0.1) is 11.3 Å². The van der Waals surface area contributed by atoms with Crippen LogP contribution in [0.1, 0.15) is 26.5 Å². The maximum atomic E-state index is 11.5. The molecule has 120 valence electrons. The lowest BCUT2D eigenvalue weighted by molar-refractivity contribution is -0.116. The average molecular weight is 314 g/mol. The molecule has 1 atom stereocenters. The van der Waals surface area contributed by atoms with E-state index in [2.05, 4.69) is 10.3 Å². The second-order valence-corrected chi connectivity index (χ2v) is 6.56. The Labute approximate surface area is 130 Å². The first-order valence-corrected chi connectivity index (χ1v) is 7.93. The summed E-state index contributed by atoms with van der Waals surface area (Å²) >= 11 is 1.46. The molecule has 0 fully saturated rings. The Morgan fingerprint density at radius 2 is 2.19 bits per heavy atom. The van der Waals surface area contributed by atoms with Crippen LogP contribution in [0.3, 0.4) is 0 Å². The van der Waals surface area contributed by atoms with Crippen molar-refractivity contribution in [2.75, 3.05) is 38.6 Å². The van der Waals surface area contributed by atoms with E-state index in [1.807, 2.05) is 31.3 Å². The van der Waals surface area contributed by atoms with Gasteiger partial charge in [0.1, 0.15) is 0 Å². The van der Waals surface area contributed by atoms with Crippen LogP contribution in [0.15, 0.2) is 5.38 Å². The molecule has 6 nitrogen and oxygen atoms in total. The number of hydrogen-bond acceptors (Lipinski definition) is 6. The summed E-state index contributed by atoms with van der Waals surface area (Å²) in [4.78, 5) is 19.5. The van der Waals surface area contributed by atoms with Gasteiger partial charge in [-0.2, -0.15) is 0 Å². The summed E-state index contributed by atoms with van der Waals surface area (Å²) in [5, 5.41) is 16.1. The van der Waals surface area contributed by atoms with Gasteiger partial charge in [-0.3, -0.25) is 9.69 Å². The van der Waals surface area contributed by atoms with Crippen molar-refractivity contribution < 1.29 is 9.90 Å². The number of anilines is 1. The fraction of sp³-hybridized carbons (Fsp3) is 0.714. The second kappa shape index (κ2) is 7.84. The molecule has 0 bridgehead atoms. The quantitative estimate of drug-likeness (QED) is 0.747. The topological polar surface area (TPSA) is 68.7 Å². The van der Waals surface area contributed by atoms with Crippen molar-refractivity contribution in [1.82, 2.24) is 15.2 Å². The number of amides is 1. The largest absolute Gasteiger partial charge is 0.388 e. The van der Waals surface area contributed by atoms with Gasteiger partial charge in [-0.25, -0.2) is 4.98 Å². The lowest BCUT2D eigenvalue weighted by atomic mass is 10.1. The van der Waals surface area contributed by atoms with Gasteiger partial charge in [0.05, 0.1) is 11.3 Å². The summed E-state index contributed by atoms with van der Waals surface area (Å²) in [5.74, 6) is 0.000255. The number of rotatable bonds is 8. The van der Waals surface area contributed by atoms with E-state index in [1.54, 1.807) is 18.7 Å². The molecule has 1 heterocycles. The van der Waals surface area contributed by atoms with Crippen LogP contribution in [-0.4, -0.2) is 60.2 Å². The van der Waals surface area contributed by atoms with Crippen LogP contribution in [0, 0.1) is 0 Å². The molecule has 1 aromatic rings. The van der Waals surface area contributed by atoms with Crippen LogP contribution in [0.2, 0.25) is 0 Å². The standard InChI is InChI=1S/C14H26N4O2S/c1-6-18(11(2)19)13-16-12(8-21-13)7-15-9-14(3,20)10-17(4)5/h8,15,20H,6-7,9-10H2,1-5H3. The van der Waals surface area contributed by atoms with Crippen LogP contribution in [-0.2, 0) is 11.3 Å². The molecule has 1 rings (SSSR count). The Hall–Kier alpha value is -1.02. The summed E-state index contributed by atoms with van der Waals surface area (Å²) in [6, 6.07) is 0. The fourth-order valence-electron chi connectivity index (χ4n) is 2.19. The molecule has 0 saturated heterocycles. The average Bonchev–Trinajstić information content (AvgIpc) is 2.76. The molecule has 0 aliphatic carbocycles. The van der Waals surface area contributed by atoms with E-state index in [-0.39, 0.29) is 5.91 Å². The number of aliphatic hydroxyl groups is 1. The smallest absolute Gasteiger partial charge is 0.225 e. The van der Waals surface area contributed by atoms with Gasteiger partial charge < -0.3 is 15.3 Å². The molecule has 0 aliphatic heterocycles. The minimum atomic E-state index is -0.781. The number of carbonyl (C=O) groups excluding carboxylic acids is 1. The predicted molar refractivity (Wildman–Crippen MR) is 86.7 cm³/mol. The summed E-state index contributed by atoms with van der Waals surface area (Å²) in [6.07, 6.45) is 0. The minimum absolute atomic E-state index is 0.000255. The van der Waals surface area contributed by atoms with Gasteiger partial charge >= 0.3 is 0 Å². The van der Waals surface area contributed by atoms with Gasteiger partial charge in [0.25, 0.3) is 0 Å². The fourth-order valence-corrected chi connectivity index (χ4v) is 3.12. The first-order valence-electron chi connectivity index (χ1n) is 7.05. The van der Waals surface area contributed by atoms with Crippen LogP contribution in [0.4, 0.5) is 5.13 Å². The molecule has 2 N–H and O–H groups in total. The van der Waals surface area contributed by atoms with Crippen molar-refractivity contribution in [2.24, 2.45) is 0 Å². The molecular weight excluding hydrogens is 288 g/mol. The Morgan fingerprint density at radius 1 is 1.52 bits per heavy atom. The zero-order chi connectivity index (χ0) is 16.0. The molecule has 0 radical (unpaired) electrons. The third-order valence-corrected chi connectivity index (χ3v) is 3.85. The number of thiazole rings is 1. The van der Waals surface area contributed by atoms with E-state index in [1.165, 1.54) is 11.3 Å². The summed E-state index contributed by atoms with van der Waals surface area (Å²) in [5.41, 5.74) is 0.104. The SMILES string of the molecule is CCN(C(C)=O)c1nc(CNCC(C)(O)CN(C)C)cs1. The maximum Gasteiger partial charge on any atom is 0.225 e. The van der Waals surface area contributed by atoms with Crippen LogP contribution in [0.25, 0.3) is 0 Å². The van der Waals surface area contributed by atoms with Crippen molar-refractivity contribution in [2.45, 2.75) is 32.9 Å². The molecular formula is C14H26N4O2S. The first kappa shape index (κ1) is 18.0. The third-order valence-electron chi connectivity index (χ3n) is 2.94. The molecule has 1 aromatic heterocycles. The van der Waals surface area contributed by atoms with E-state index in [0.717, 1.165) is 10.8 Å². The maximum absolute atomic E-state index is 11.5. The number of likely N-dealkylation sites (N-methyl/N-ethyl adjacent to an activating group) is 1. The Kier molecular flexibility index (Phi) is 6.73. The summed E-state index contributed by atoms with van der Waals surface area (Å²) in [7, 11) is 3.87. The second-order valence-electron chi connectivity index (χ2n) is 5.72. The predicted octanol–water partition coefficient (Wildman–Crippen LogP) is 0.918. The number of nitrogens with zero attached hydrogens (tertiary/aromatic N) is 3. The molecule has 7 heteroatoms. The molecule has 0 aromatic carbocycles. The molecule has 21 heavy (non-hydrogen) atoms. The van der Waals surface area contributed by atoms with Crippen LogP contribution >= 0.6 is 11.3 Å². The van der Waals surface area contributed by atoms with Crippen molar-refractivity contribution >= 4 is 22.4 Å². The molecule has 1 unspecified atom stereocenters. The van der Waals surface area contributed by atoms with E-state index in [4.69, 9.17) is 0 Å². The van der Waals surface area contributed by atoms with Gasteiger partial charge in [0.2, 0.25) is 5.91 Å². The Morgan fingerprint density at radius 3 is 2.71 bits per heavy atom. The summed E-state index contributed by atoms with van der Waals surface area (Å²) < 4.78 is 0. The van der Waals surface area contributed by atoms with Crippen LogP contribution in [0.5, 0.6) is 0 Å². The van der Waals surface area contributed by atoms with Crippen molar-refractivity contribution in [3.8, 4) is 0 Å². The number of hydrogen-bond donors (Lipinski definition) is 2. The van der Waals surface area contributed by atoms with E-state index < -0.39 is 5.60 Å². The Bertz CT molecular complexity index is 460. The molecule has 0 spiro atoms. The monoisotopic (exact) mass is 314 g/mol. The van der Waals surface area contributed by atoms with E-state index >= 15 is 0 Å².